The molecular formula is C19H27NO4. The number of likely N-dealkylation sites (tertiary alicyclic amines) is 1. The van der Waals surface area contributed by atoms with Gasteiger partial charge in [-0.2, -0.15) is 0 Å². The van der Waals surface area contributed by atoms with Gasteiger partial charge in [0.15, 0.2) is 0 Å². The Morgan fingerprint density at radius 3 is 2.33 bits per heavy atom. The van der Waals surface area contributed by atoms with Crippen LogP contribution in [0.2, 0.25) is 0 Å². The summed E-state index contributed by atoms with van der Waals surface area (Å²) in [5.41, 5.74) is 1.74. The largest absolute Gasteiger partial charge is 0.469 e. The zero-order valence-electron chi connectivity index (χ0n) is 15.2. The second kappa shape index (κ2) is 7.24. The molecule has 1 heterocycles. The molecule has 0 aromatic heterocycles. The standard InChI is InChI=1S/C19H27NO4/c1-13-6-8-14(9-7-13)15-10-11-20(12-16(15)17(21)23-5)18(22)24-19(2,3)4/h6-9,15-16H,10-12H2,1-5H3/t15-,16+/m0/s1. The number of benzene rings is 1. The highest BCUT2D eigenvalue weighted by Crippen LogP contribution is 2.34. The fraction of sp³-hybridized carbons (Fsp3) is 0.579. The van der Waals surface area contributed by atoms with E-state index in [4.69, 9.17) is 9.47 Å². The molecule has 1 amide bonds. The lowest BCUT2D eigenvalue weighted by atomic mass is 9.80. The van der Waals surface area contributed by atoms with Gasteiger partial charge in [0, 0.05) is 19.0 Å². The van der Waals surface area contributed by atoms with Crippen molar-refractivity contribution in [2.24, 2.45) is 5.92 Å². The Morgan fingerprint density at radius 2 is 1.79 bits per heavy atom. The summed E-state index contributed by atoms with van der Waals surface area (Å²) in [4.78, 5) is 26.2. The van der Waals surface area contributed by atoms with Gasteiger partial charge in [0.1, 0.15) is 5.60 Å². The Balaban J connectivity index is 2.17. The normalized spacial score (nSPS) is 21.3. The van der Waals surface area contributed by atoms with Gasteiger partial charge < -0.3 is 14.4 Å². The average molecular weight is 333 g/mol. The number of carbonyl (C=O) groups is 2. The van der Waals surface area contributed by atoms with Crippen molar-refractivity contribution >= 4 is 12.1 Å². The number of nitrogens with zero attached hydrogens (tertiary/aromatic N) is 1. The van der Waals surface area contributed by atoms with Crippen molar-refractivity contribution in [2.75, 3.05) is 20.2 Å². The fourth-order valence-electron chi connectivity index (χ4n) is 3.05. The van der Waals surface area contributed by atoms with E-state index < -0.39 is 5.60 Å². The van der Waals surface area contributed by atoms with Gasteiger partial charge in [-0.3, -0.25) is 4.79 Å². The van der Waals surface area contributed by atoms with Crippen LogP contribution < -0.4 is 0 Å². The molecule has 1 fully saturated rings. The topological polar surface area (TPSA) is 55.8 Å². The highest BCUT2D eigenvalue weighted by atomic mass is 16.6. The number of hydrogen-bond donors (Lipinski definition) is 0. The van der Waals surface area contributed by atoms with E-state index in [2.05, 4.69) is 12.1 Å². The third-order valence-corrected chi connectivity index (χ3v) is 4.27. The summed E-state index contributed by atoms with van der Waals surface area (Å²) in [6.45, 7) is 8.43. The van der Waals surface area contributed by atoms with Crippen molar-refractivity contribution in [3.63, 3.8) is 0 Å². The summed E-state index contributed by atoms with van der Waals surface area (Å²) < 4.78 is 10.4. The van der Waals surface area contributed by atoms with E-state index in [-0.39, 0.29) is 23.9 Å². The molecule has 5 nitrogen and oxygen atoms in total. The van der Waals surface area contributed by atoms with E-state index in [0.717, 1.165) is 5.56 Å². The van der Waals surface area contributed by atoms with Gasteiger partial charge in [0.2, 0.25) is 0 Å². The van der Waals surface area contributed by atoms with Crippen molar-refractivity contribution < 1.29 is 19.1 Å². The van der Waals surface area contributed by atoms with Crippen LogP contribution in [-0.2, 0) is 14.3 Å². The molecule has 1 aliphatic rings. The summed E-state index contributed by atoms with van der Waals surface area (Å²) in [5, 5.41) is 0. The Hall–Kier alpha value is -2.04. The van der Waals surface area contributed by atoms with Crippen LogP contribution in [0.3, 0.4) is 0 Å². The van der Waals surface area contributed by atoms with E-state index >= 15 is 0 Å². The number of rotatable bonds is 2. The van der Waals surface area contributed by atoms with Gasteiger partial charge >= 0.3 is 12.1 Å². The summed E-state index contributed by atoms with van der Waals surface area (Å²) in [6, 6.07) is 8.20. The third kappa shape index (κ3) is 4.49. The van der Waals surface area contributed by atoms with Gasteiger partial charge in [0.25, 0.3) is 0 Å². The van der Waals surface area contributed by atoms with Crippen LogP contribution in [-0.4, -0.2) is 42.8 Å². The predicted molar refractivity (Wildman–Crippen MR) is 91.9 cm³/mol. The molecule has 0 bridgehead atoms. The van der Waals surface area contributed by atoms with Crippen LogP contribution in [0.5, 0.6) is 0 Å². The van der Waals surface area contributed by atoms with E-state index in [9.17, 15) is 9.59 Å². The number of hydrogen-bond acceptors (Lipinski definition) is 4. The first-order valence-corrected chi connectivity index (χ1v) is 8.33. The smallest absolute Gasteiger partial charge is 0.410 e. The average Bonchev–Trinajstić information content (AvgIpc) is 2.52. The number of ether oxygens (including phenoxy) is 2. The SMILES string of the molecule is COC(=O)[C@@H]1CN(C(=O)OC(C)(C)C)CC[C@H]1c1ccc(C)cc1. The molecule has 1 aromatic carbocycles. The molecule has 2 atom stereocenters. The summed E-state index contributed by atoms with van der Waals surface area (Å²) in [6.07, 6.45) is 0.334. The van der Waals surface area contributed by atoms with Crippen molar-refractivity contribution in [3.05, 3.63) is 35.4 Å². The summed E-state index contributed by atoms with van der Waals surface area (Å²) in [5.74, 6) is -0.607. The lowest BCUT2D eigenvalue weighted by molar-refractivity contribution is -0.148. The maximum atomic E-state index is 12.3. The molecule has 0 saturated carbocycles. The Labute approximate surface area is 143 Å². The van der Waals surface area contributed by atoms with Gasteiger partial charge in [0.05, 0.1) is 13.0 Å². The quantitative estimate of drug-likeness (QED) is 0.777. The van der Waals surface area contributed by atoms with E-state index in [1.807, 2.05) is 39.8 Å². The van der Waals surface area contributed by atoms with Crippen molar-refractivity contribution in [1.82, 2.24) is 4.90 Å². The number of esters is 1. The Morgan fingerprint density at radius 1 is 1.17 bits per heavy atom. The van der Waals surface area contributed by atoms with E-state index in [1.54, 1.807) is 4.90 Å². The second-order valence-electron chi connectivity index (χ2n) is 7.36. The van der Waals surface area contributed by atoms with Gasteiger partial charge in [-0.1, -0.05) is 29.8 Å². The second-order valence-corrected chi connectivity index (χ2v) is 7.36. The minimum Gasteiger partial charge on any atom is -0.469 e. The highest BCUT2D eigenvalue weighted by Gasteiger charge is 2.38. The van der Waals surface area contributed by atoms with Crippen LogP contribution in [0, 0.1) is 12.8 Å². The van der Waals surface area contributed by atoms with Crippen molar-refractivity contribution in [3.8, 4) is 0 Å². The molecule has 0 N–H and O–H groups in total. The molecule has 132 valence electrons. The number of carbonyl (C=O) groups excluding carboxylic acids is 2. The Bertz CT molecular complexity index is 588. The maximum Gasteiger partial charge on any atom is 0.410 e. The summed E-state index contributed by atoms with van der Waals surface area (Å²) in [7, 11) is 1.39. The Kier molecular flexibility index (Phi) is 5.52. The van der Waals surface area contributed by atoms with Gasteiger partial charge in [-0.25, -0.2) is 4.79 Å². The van der Waals surface area contributed by atoms with E-state index in [1.165, 1.54) is 12.7 Å². The first-order valence-electron chi connectivity index (χ1n) is 8.33. The van der Waals surface area contributed by atoms with E-state index in [0.29, 0.717) is 19.5 Å². The summed E-state index contributed by atoms with van der Waals surface area (Å²) >= 11 is 0. The van der Waals surface area contributed by atoms with Gasteiger partial charge in [-0.05, 0) is 39.7 Å². The van der Waals surface area contributed by atoms with Crippen molar-refractivity contribution in [2.45, 2.75) is 45.6 Å². The number of methoxy groups -OCH3 is 1. The first-order chi connectivity index (χ1) is 11.2. The van der Waals surface area contributed by atoms with Crippen LogP contribution in [0.4, 0.5) is 4.79 Å². The zero-order valence-corrected chi connectivity index (χ0v) is 15.2. The number of aryl methyl sites for hydroxylation is 1. The molecule has 24 heavy (non-hydrogen) atoms. The van der Waals surface area contributed by atoms with Crippen LogP contribution in [0.15, 0.2) is 24.3 Å². The molecule has 0 unspecified atom stereocenters. The molecule has 1 saturated heterocycles. The number of amides is 1. The molecule has 0 radical (unpaired) electrons. The van der Waals surface area contributed by atoms with Crippen molar-refractivity contribution in [1.29, 1.82) is 0 Å². The van der Waals surface area contributed by atoms with Gasteiger partial charge in [-0.15, -0.1) is 0 Å². The lowest BCUT2D eigenvalue weighted by Gasteiger charge is -2.38. The van der Waals surface area contributed by atoms with Crippen LogP contribution in [0.1, 0.15) is 44.2 Å². The molecule has 1 aliphatic heterocycles. The lowest BCUT2D eigenvalue weighted by Crippen LogP contribution is -2.47. The fourth-order valence-corrected chi connectivity index (χ4v) is 3.05. The van der Waals surface area contributed by atoms with Crippen LogP contribution >= 0.6 is 0 Å². The molecule has 5 heteroatoms. The molecule has 0 aliphatic carbocycles. The molecule has 2 rings (SSSR count). The van der Waals surface area contributed by atoms with Crippen LogP contribution in [0.25, 0.3) is 0 Å². The molecule has 1 aromatic rings. The predicted octanol–water partition coefficient (Wildman–Crippen LogP) is 3.51. The zero-order chi connectivity index (χ0) is 17.9. The third-order valence-electron chi connectivity index (χ3n) is 4.27. The minimum absolute atomic E-state index is 0.0525. The molecule has 0 spiro atoms. The molecular weight excluding hydrogens is 306 g/mol. The monoisotopic (exact) mass is 333 g/mol. The first kappa shape index (κ1) is 18.3. The minimum atomic E-state index is -0.550. The maximum absolute atomic E-state index is 12.3. The highest BCUT2D eigenvalue weighted by molar-refractivity contribution is 5.76. The number of piperidine rings is 1.